The van der Waals surface area contributed by atoms with Gasteiger partial charge in [0, 0.05) is 13.7 Å². The van der Waals surface area contributed by atoms with E-state index < -0.39 is 0 Å². The van der Waals surface area contributed by atoms with Gasteiger partial charge in [0.2, 0.25) is 0 Å². The summed E-state index contributed by atoms with van der Waals surface area (Å²) in [6.07, 6.45) is 4.14. The molecule has 2 N–H and O–H groups in total. The van der Waals surface area contributed by atoms with Crippen LogP contribution in [-0.2, 0) is 0 Å². The van der Waals surface area contributed by atoms with E-state index in [0.29, 0.717) is 6.04 Å². The van der Waals surface area contributed by atoms with Gasteiger partial charge in [0.15, 0.2) is 0 Å². The van der Waals surface area contributed by atoms with Gasteiger partial charge in [-0.2, -0.15) is 0 Å². The average molecular weight is 170 g/mol. The summed E-state index contributed by atoms with van der Waals surface area (Å²) < 4.78 is 0. The molecule has 0 aliphatic carbocycles. The van der Waals surface area contributed by atoms with Crippen molar-refractivity contribution in [2.45, 2.75) is 40.7 Å². The van der Waals surface area contributed by atoms with Crippen LogP contribution in [0.4, 0.5) is 0 Å². The van der Waals surface area contributed by atoms with Crippen LogP contribution in [0, 0.1) is 0 Å². The Morgan fingerprint density at radius 2 is 2.17 bits per heavy atom. The maximum Gasteiger partial charge on any atom is 0.0498 e. The topological polar surface area (TPSA) is 24.1 Å². The molecule has 0 radical (unpaired) electrons. The molecule has 0 spiro atoms. The largest absolute Gasteiger partial charge is 0.328 e. The number of hydrogen-bond acceptors (Lipinski definition) is 2. The fourth-order valence-electron chi connectivity index (χ4n) is 1.07. The summed E-state index contributed by atoms with van der Waals surface area (Å²) in [7, 11) is 0. The minimum absolute atomic E-state index is 0. The van der Waals surface area contributed by atoms with Gasteiger partial charge in [-0.15, -0.1) is 0 Å². The summed E-state index contributed by atoms with van der Waals surface area (Å²) in [5.41, 5.74) is 8.77. The van der Waals surface area contributed by atoms with E-state index in [9.17, 15) is 0 Å². The van der Waals surface area contributed by atoms with Crippen LogP contribution < -0.4 is 10.9 Å². The number of rotatable bonds is 1. The summed E-state index contributed by atoms with van der Waals surface area (Å²) in [4.78, 5) is 0. The Labute approximate surface area is 77.2 Å². The zero-order chi connectivity index (χ0) is 9.56. The third-order valence-corrected chi connectivity index (χ3v) is 1.88. The standard InChI is InChI=1S/C8H14N2.C2H6.H2/c1-4-6(2)8-5-9-10-7(8)3;1-2;/h4-5,7,9-10H,1-3H3;1-2H3;1H/b6-4-;;. The summed E-state index contributed by atoms with van der Waals surface area (Å²) in [6, 6.07) is 0.441. The van der Waals surface area contributed by atoms with E-state index in [4.69, 9.17) is 0 Å². The molecule has 0 saturated heterocycles. The van der Waals surface area contributed by atoms with Gasteiger partial charge in [-0.05, 0) is 31.9 Å². The van der Waals surface area contributed by atoms with E-state index in [0.717, 1.165) is 0 Å². The lowest BCUT2D eigenvalue weighted by Crippen LogP contribution is -2.29. The van der Waals surface area contributed by atoms with Gasteiger partial charge in [0.05, 0.1) is 0 Å². The van der Waals surface area contributed by atoms with Crippen LogP contribution in [0.5, 0.6) is 0 Å². The van der Waals surface area contributed by atoms with Gasteiger partial charge in [-0.25, -0.2) is 5.43 Å². The maximum absolute atomic E-state index is 3.10. The highest BCUT2D eigenvalue weighted by Crippen LogP contribution is 2.14. The second-order valence-electron chi connectivity index (χ2n) is 2.58. The molecule has 12 heavy (non-hydrogen) atoms. The molecule has 0 saturated carbocycles. The van der Waals surface area contributed by atoms with Gasteiger partial charge in [0.1, 0.15) is 0 Å². The Balaban J connectivity index is 0. The van der Waals surface area contributed by atoms with Gasteiger partial charge < -0.3 is 5.43 Å². The molecule has 72 valence electrons. The highest BCUT2D eigenvalue weighted by atomic mass is 15.4. The minimum Gasteiger partial charge on any atom is -0.328 e. The van der Waals surface area contributed by atoms with E-state index in [-0.39, 0.29) is 1.43 Å². The quantitative estimate of drug-likeness (QED) is 0.632. The zero-order valence-corrected chi connectivity index (χ0v) is 8.73. The summed E-state index contributed by atoms with van der Waals surface area (Å²) in [6.45, 7) is 10.3. The van der Waals surface area contributed by atoms with Gasteiger partial charge >= 0.3 is 0 Å². The predicted octanol–water partition coefficient (Wildman–Crippen LogP) is 2.61. The fourth-order valence-corrected chi connectivity index (χ4v) is 1.07. The maximum atomic E-state index is 3.10. The lowest BCUT2D eigenvalue weighted by atomic mass is 10.0. The molecule has 0 amide bonds. The van der Waals surface area contributed by atoms with Crippen molar-refractivity contribution < 1.29 is 1.43 Å². The van der Waals surface area contributed by atoms with Crippen molar-refractivity contribution in [2.24, 2.45) is 0 Å². The number of hydrazine groups is 1. The smallest absolute Gasteiger partial charge is 0.0498 e. The molecule has 1 aliphatic rings. The first-order valence-electron chi connectivity index (χ1n) is 4.60. The lowest BCUT2D eigenvalue weighted by molar-refractivity contribution is 0.611. The third kappa shape index (κ3) is 2.70. The van der Waals surface area contributed by atoms with E-state index in [2.05, 4.69) is 37.7 Å². The molecule has 2 nitrogen and oxygen atoms in total. The van der Waals surface area contributed by atoms with Gasteiger partial charge in [-0.3, -0.25) is 0 Å². The molecule has 1 aliphatic heterocycles. The van der Waals surface area contributed by atoms with Crippen LogP contribution in [-0.4, -0.2) is 6.04 Å². The summed E-state index contributed by atoms with van der Waals surface area (Å²) in [5.74, 6) is 0. The normalized spacial score (nSPS) is 22.2. The van der Waals surface area contributed by atoms with Crippen molar-refractivity contribution in [2.75, 3.05) is 0 Å². The van der Waals surface area contributed by atoms with Crippen molar-refractivity contribution in [3.05, 3.63) is 23.4 Å². The van der Waals surface area contributed by atoms with Crippen LogP contribution >= 0.6 is 0 Å². The van der Waals surface area contributed by atoms with Crippen LogP contribution in [0.1, 0.15) is 36.0 Å². The molecule has 1 heterocycles. The molecule has 0 aromatic carbocycles. The molecular formula is C10H22N2. The molecule has 0 bridgehead atoms. The molecule has 1 atom stereocenters. The Hall–Kier alpha value is -0.760. The van der Waals surface area contributed by atoms with Crippen molar-refractivity contribution in [3.8, 4) is 0 Å². The van der Waals surface area contributed by atoms with Crippen LogP contribution in [0.3, 0.4) is 0 Å². The van der Waals surface area contributed by atoms with Crippen molar-refractivity contribution in [3.63, 3.8) is 0 Å². The van der Waals surface area contributed by atoms with Gasteiger partial charge in [0.25, 0.3) is 0 Å². The first kappa shape index (κ1) is 11.2. The molecular weight excluding hydrogens is 148 g/mol. The second-order valence-corrected chi connectivity index (χ2v) is 2.58. The Bertz CT molecular complexity index is 185. The monoisotopic (exact) mass is 170 g/mol. The van der Waals surface area contributed by atoms with Gasteiger partial charge in [-0.1, -0.05) is 19.9 Å². The van der Waals surface area contributed by atoms with Crippen LogP contribution in [0.15, 0.2) is 23.4 Å². The summed E-state index contributed by atoms with van der Waals surface area (Å²) >= 11 is 0. The van der Waals surface area contributed by atoms with Crippen LogP contribution in [0.25, 0.3) is 0 Å². The Kier molecular flexibility index (Phi) is 5.47. The zero-order valence-electron chi connectivity index (χ0n) is 8.73. The highest BCUT2D eigenvalue weighted by Gasteiger charge is 2.13. The SMILES string of the molecule is C/C=C(/C)C1=CNNC1C.CC.[HH]. The van der Waals surface area contributed by atoms with E-state index in [1.165, 1.54) is 11.1 Å². The summed E-state index contributed by atoms with van der Waals surface area (Å²) in [5, 5.41) is 0. The first-order chi connectivity index (χ1) is 5.75. The van der Waals surface area contributed by atoms with E-state index in [1.54, 1.807) is 0 Å². The fraction of sp³-hybridized carbons (Fsp3) is 0.600. The molecule has 1 rings (SSSR count). The molecule has 0 aromatic rings. The van der Waals surface area contributed by atoms with Crippen molar-refractivity contribution in [1.29, 1.82) is 0 Å². The Morgan fingerprint density at radius 3 is 2.50 bits per heavy atom. The lowest BCUT2D eigenvalue weighted by Gasteiger charge is -2.07. The van der Waals surface area contributed by atoms with Crippen molar-refractivity contribution in [1.82, 2.24) is 10.9 Å². The molecule has 2 heteroatoms. The number of nitrogens with one attached hydrogen (secondary N) is 2. The van der Waals surface area contributed by atoms with Crippen LogP contribution in [0.2, 0.25) is 0 Å². The molecule has 0 fully saturated rings. The minimum atomic E-state index is 0. The Morgan fingerprint density at radius 1 is 1.58 bits per heavy atom. The average Bonchev–Trinajstić information content (AvgIpc) is 2.54. The molecule has 1 unspecified atom stereocenters. The van der Waals surface area contributed by atoms with E-state index in [1.807, 2.05) is 20.0 Å². The first-order valence-corrected chi connectivity index (χ1v) is 4.60. The van der Waals surface area contributed by atoms with Crippen molar-refractivity contribution >= 4 is 0 Å². The highest BCUT2D eigenvalue weighted by molar-refractivity contribution is 5.34. The second kappa shape index (κ2) is 5.84. The predicted molar refractivity (Wildman–Crippen MR) is 56.7 cm³/mol. The van der Waals surface area contributed by atoms with E-state index >= 15 is 0 Å². The third-order valence-electron chi connectivity index (χ3n) is 1.88. The number of hydrogen-bond donors (Lipinski definition) is 2. The molecule has 0 aromatic heterocycles. The number of allylic oxidation sites excluding steroid dienone is 1.